The Morgan fingerprint density at radius 2 is 2.00 bits per heavy atom. The number of hydrogen-bond donors (Lipinski definition) is 1. The lowest BCUT2D eigenvalue weighted by Crippen LogP contribution is -2.39. The Hall–Kier alpha value is -1.36. The summed E-state index contributed by atoms with van der Waals surface area (Å²) in [5, 5.41) is 9.33. The molecule has 20 heavy (non-hydrogen) atoms. The number of rotatable bonds is 4. The molecular weight excluding hydrogens is 276 g/mol. The van der Waals surface area contributed by atoms with Crippen LogP contribution in [-0.4, -0.2) is 22.6 Å². The molecule has 0 unspecified atom stereocenters. The van der Waals surface area contributed by atoms with Crippen LogP contribution in [0.3, 0.4) is 0 Å². The summed E-state index contributed by atoms with van der Waals surface area (Å²) in [6, 6.07) is 3.56. The maximum Gasteiger partial charge on any atom is 0.348 e. The predicted octanol–water partition coefficient (Wildman–Crippen LogP) is 3.50. The van der Waals surface area contributed by atoms with E-state index in [1.165, 1.54) is 11.3 Å². The molecule has 1 aliphatic rings. The zero-order valence-electron chi connectivity index (χ0n) is 12.1. The Balaban J connectivity index is 2.06. The highest BCUT2D eigenvalue weighted by atomic mass is 32.1. The van der Waals surface area contributed by atoms with Crippen molar-refractivity contribution < 1.29 is 19.4 Å². The van der Waals surface area contributed by atoms with E-state index < -0.39 is 17.0 Å². The topological polar surface area (TPSA) is 63.6 Å². The second-order valence-electron chi connectivity index (χ2n) is 6.38. The summed E-state index contributed by atoms with van der Waals surface area (Å²) in [4.78, 5) is 24.8. The van der Waals surface area contributed by atoms with Gasteiger partial charge in [0.1, 0.15) is 10.5 Å². The molecule has 1 aromatic rings. The lowest BCUT2D eigenvalue weighted by molar-refractivity contribution is -0.154. The molecule has 0 bridgehead atoms. The number of carbonyl (C=O) groups excluding carboxylic acids is 1. The highest BCUT2D eigenvalue weighted by Gasteiger charge is 2.44. The number of ether oxygens (including phenoxy) is 1. The van der Waals surface area contributed by atoms with E-state index in [0.29, 0.717) is 11.3 Å². The first-order valence-corrected chi connectivity index (χ1v) is 7.59. The number of aliphatic carboxylic acids is 1. The highest BCUT2D eigenvalue weighted by Crippen LogP contribution is 2.44. The second-order valence-corrected chi connectivity index (χ2v) is 7.55. The average molecular weight is 296 g/mol. The van der Waals surface area contributed by atoms with Gasteiger partial charge in [-0.05, 0) is 52.2 Å². The summed E-state index contributed by atoms with van der Waals surface area (Å²) in [7, 11) is 0. The van der Waals surface area contributed by atoms with Gasteiger partial charge in [0.2, 0.25) is 0 Å². The molecule has 0 spiro atoms. The van der Waals surface area contributed by atoms with Crippen LogP contribution < -0.4 is 0 Å². The first-order chi connectivity index (χ1) is 9.22. The largest absolute Gasteiger partial charge is 0.481 e. The van der Waals surface area contributed by atoms with Gasteiger partial charge in [0.05, 0.1) is 5.41 Å². The molecular formula is C15H20O4S. The van der Waals surface area contributed by atoms with E-state index in [1.54, 1.807) is 6.07 Å². The van der Waals surface area contributed by atoms with E-state index >= 15 is 0 Å². The standard InChI is InChI=1S/C15H20O4S/c1-14(2,3)19-12(16)11-6-5-10(20-11)9-15(13(17)18)7-4-8-15/h5-6H,4,7-9H2,1-3H3,(H,17,18). The molecule has 1 aliphatic carbocycles. The number of thiophene rings is 1. The van der Waals surface area contributed by atoms with Crippen LogP contribution in [0.4, 0.5) is 0 Å². The zero-order chi connectivity index (χ0) is 15.0. The van der Waals surface area contributed by atoms with Crippen molar-refractivity contribution in [3.8, 4) is 0 Å². The van der Waals surface area contributed by atoms with Crippen molar-refractivity contribution in [2.24, 2.45) is 5.41 Å². The summed E-state index contributed by atoms with van der Waals surface area (Å²) in [6.45, 7) is 5.48. The van der Waals surface area contributed by atoms with Crippen LogP contribution in [0.15, 0.2) is 12.1 Å². The summed E-state index contributed by atoms with van der Waals surface area (Å²) < 4.78 is 5.31. The molecule has 1 N–H and O–H groups in total. The van der Waals surface area contributed by atoms with Gasteiger partial charge in [-0.3, -0.25) is 4.79 Å². The number of hydrogen-bond acceptors (Lipinski definition) is 4. The monoisotopic (exact) mass is 296 g/mol. The van der Waals surface area contributed by atoms with Crippen molar-refractivity contribution in [2.75, 3.05) is 0 Å². The molecule has 0 aromatic carbocycles. The van der Waals surface area contributed by atoms with Crippen LogP contribution >= 0.6 is 11.3 Å². The van der Waals surface area contributed by atoms with Crippen molar-refractivity contribution in [1.82, 2.24) is 0 Å². The van der Waals surface area contributed by atoms with Gasteiger partial charge in [-0.1, -0.05) is 6.42 Å². The van der Waals surface area contributed by atoms with Gasteiger partial charge >= 0.3 is 11.9 Å². The molecule has 0 aliphatic heterocycles. The third-order valence-electron chi connectivity index (χ3n) is 3.54. The Bertz CT molecular complexity index is 520. The maximum atomic E-state index is 11.9. The molecule has 5 heteroatoms. The minimum absolute atomic E-state index is 0.341. The second kappa shape index (κ2) is 5.20. The van der Waals surface area contributed by atoms with Crippen LogP contribution in [0.2, 0.25) is 0 Å². The third-order valence-corrected chi connectivity index (χ3v) is 4.60. The molecule has 2 rings (SSSR count). The fourth-order valence-corrected chi connectivity index (χ4v) is 3.34. The number of carboxylic acids is 1. The highest BCUT2D eigenvalue weighted by molar-refractivity contribution is 7.13. The van der Waals surface area contributed by atoms with Gasteiger partial charge in [0.15, 0.2) is 0 Å². The van der Waals surface area contributed by atoms with Crippen LogP contribution in [0, 0.1) is 5.41 Å². The molecule has 1 fully saturated rings. The van der Waals surface area contributed by atoms with Crippen molar-refractivity contribution in [1.29, 1.82) is 0 Å². The van der Waals surface area contributed by atoms with E-state index in [1.807, 2.05) is 26.8 Å². The van der Waals surface area contributed by atoms with Gasteiger partial charge in [-0.2, -0.15) is 0 Å². The van der Waals surface area contributed by atoms with Crippen LogP contribution in [0.1, 0.15) is 54.6 Å². The van der Waals surface area contributed by atoms with E-state index in [0.717, 1.165) is 24.1 Å². The fraction of sp³-hybridized carbons (Fsp3) is 0.600. The normalized spacial score (nSPS) is 17.4. The van der Waals surface area contributed by atoms with E-state index in [9.17, 15) is 14.7 Å². The molecule has 1 aromatic heterocycles. The molecule has 110 valence electrons. The van der Waals surface area contributed by atoms with Crippen LogP contribution in [0.25, 0.3) is 0 Å². The fourth-order valence-electron chi connectivity index (χ4n) is 2.31. The van der Waals surface area contributed by atoms with E-state index in [2.05, 4.69) is 0 Å². The van der Waals surface area contributed by atoms with Gasteiger partial charge in [0.25, 0.3) is 0 Å². The van der Waals surface area contributed by atoms with E-state index in [-0.39, 0.29) is 5.97 Å². The molecule has 0 saturated heterocycles. The Labute approximate surface area is 122 Å². The summed E-state index contributed by atoms with van der Waals surface area (Å²) in [5.41, 5.74) is -1.13. The molecule has 0 amide bonds. The van der Waals surface area contributed by atoms with Crippen molar-refractivity contribution in [3.05, 3.63) is 21.9 Å². The van der Waals surface area contributed by atoms with Crippen LogP contribution in [-0.2, 0) is 16.0 Å². The number of carbonyl (C=O) groups is 2. The number of carboxylic acid groups (broad SMARTS) is 1. The Morgan fingerprint density at radius 3 is 2.45 bits per heavy atom. The quantitative estimate of drug-likeness (QED) is 0.864. The number of esters is 1. The van der Waals surface area contributed by atoms with Crippen LogP contribution in [0.5, 0.6) is 0 Å². The third kappa shape index (κ3) is 3.20. The molecule has 0 atom stereocenters. The Morgan fingerprint density at radius 1 is 1.35 bits per heavy atom. The summed E-state index contributed by atoms with van der Waals surface area (Å²) in [6.07, 6.45) is 2.93. The minimum atomic E-state index is -0.726. The molecule has 0 radical (unpaired) electrons. The summed E-state index contributed by atoms with van der Waals surface area (Å²) in [5.74, 6) is -1.07. The average Bonchev–Trinajstić information content (AvgIpc) is 2.68. The lowest BCUT2D eigenvalue weighted by Gasteiger charge is -2.37. The van der Waals surface area contributed by atoms with Crippen molar-refractivity contribution in [3.63, 3.8) is 0 Å². The first-order valence-electron chi connectivity index (χ1n) is 6.77. The van der Waals surface area contributed by atoms with Crippen molar-refractivity contribution in [2.45, 2.75) is 52.1 Å². The maximum absolute atomic E-state index is 11.9. The molecule has 4 nitrogen and oxygen atoms in total. The Kier molecular flexibility index (Phi) is 3.91. The van der Waals surface area contributed by atoms with E-state index in [4.69, 9.17) is 4.74 Å². The first kappa shape index (κ1) is 15.0. The smallest absolute Gasteiger partial charge is 0.348 e. The minimum Gasteiger partial charge on any atom is -0.481 e. The summed E-state index contributed by atoms with van der Waals surface area (Å²) >= 11 is 1.34. The zero-order valence-corrected chi connectivity index (χ0v) is 12.9. The molecule has 1 heterocycles. The lowest BCUT2D eigenvalue weighted by atomic mass is 9.66. The SMILES string of the molecule is CC(C)(C)OC(=O)c1ccc(CC2(C(=O)O)CCC2)s1. The van der Waals surface area contributed by atoms with Crippen molar-refractivity contribution >= 4 is 23.3 Å². The molecule has 1 saturated carbocycles. The van der Waals surface area contributed by atoms with Gasteiger partial charge in [-0.15, -0.1) is 11.3 Å². The van der Waals surface area contributed by atoms with Gasteiger partial charge < -0.3 is 9.84 Å². The van der Waals surface area contributed by atoms with Gasteiger partial charge in [-0.25, -0.2) is 4.79 Å². The van der Waals surface area contributed by atoms with Gasteiger partial charge in [0, 0.05) is 4.88 Å². The predicted molar refractivity (Wildman–Crippen MR) is 77.1 cm³/mol.